The van der Waals surface area contributed by atoms with Crippen molar-refractivity contribution in [2.45, 2.75) is 31.7 Å². The summed E-state index contributed by atoms with van der Waals surface area (Å²) in [5, 5.41) is 3.15. The van der Waals surface area contributed by atoms with Gasteiger partial charge in [-0.3, -0.25) is 9.59 Å². The van der Waals surface area contributed by atoms with Crippen molar-refractivity contribution in [3.63, 3.8) is 0 Å². The summed E-state index contributed by atoms with van der Waals surface area (Å²) in [6.45, 7) is 1.37. The molecule has 2 aromatic rings. The molecule has 2 aliphatic rings. The number of nitrogens with one attached hydrogen (secondary N) is 1. The molecular weight excluding hydrogens is 328 g/mol. The fraction of sp³-hybridized carbons (Fsp3) is 0.429. The second-order valence-corrected chi connectivity index (χ2v) is 7.24. The highest BCUT2D eigenvalue weighted by Gasteiger charge is 2.36. The average Bonchev–Trinajstić information content (AvgIpc) is 3.41. The van der Waals surface area contributed by atoms with E-state index in [-0.39, 0.29) is 29.7 Å². The van der Waals surface area contributed by atoms with Crippen LogP contribution in [0.2, 0.25) is 0 Å². The highest BCUT2D eigenvalue weighted by atomic mass is 16.3. The zero-order chi connectivity index (χ0) is 17.9. The van der Waals surface area contributed by atoms with Gasteiger partial charge < -0.3 is 14.6 Å². The first-order valence-electron chi connectivity index (χ1n) is 9.40. The molecule has 1 aliphatic heterocycles. The molecule has 26 heavy (non-hydrogen) atoms. The lowest BCUT2D eigenvalue weighted by atomic mass is 9.94. The van der Waals surface area contributed by atoms with Gasteiger partial charge in [0.05, 0.1) is 6.26 Å². The molecule has 1 saturated carbocycles. The highest BCUT2D eigenvalue weighted by molar-refractivity contribution is 5.82. The van der Waals surface area contributed by atoms with Crippen LogP contribution in [0.25, 0.3) is 0 Å². The first kappa shape index (κ1) is 16.9. The van der Waals surface area contributed by atoms with E-state index < -0.39 is 0 Å². The van der Waals surface area contributed by atoms with Crippen LogP contribution >= 0.6 is 0 Å². The van der Waals surface area contributed by atoms with Crippen LogP contribution in [0.4, 0.5) is 0 Å². The van der Waals surface area contributed by atoms with Gasteiger partial charge in [0.15, 0.2) is 0 Å². The average molecular weight is 352 g/mol. The monoisotopic (exact) mass is 352 g/mol. The number of carbonyl (C=O) groups is 2. The number of hydrogen-bond donors (Lipinski definition) is 1. The number of furan rings is 1. The second-order valence-electron chi connectivity index (χ2n) is 7.24. The quantitative estimate of drug-likeness (QED) is 0.899. The maximum Gasteiger partial charge on any atom is 0.225 e. The first-order chi connectivity index (χ1) is 12.7. The predicted molar refractivity (Wildman–Crippen MR) is 97.2 cm³/mol. The molecule has 5 heteroatoms. The number of hydrogen-bond acceptors (Lipinski definition) is 3. The van der Waals surface area contributed by atoms with Crippen LogP contribution in [0, 0.1) is 11.8 Å². The van der Waals surface area contributed by atoms with Gasteiger partial charge in [-0.2, -0.15) is 0 Å². The van der Waals surface area contributed by atoms with E-state index in [1.165, 1.54) is 0 Å². The molecule has 136 valence electrons. The predicted octanol–water partition coefficient (Wildman–Crippen LogP) is 3.13. The van der Waals surface area contributed by atoms with Crippen molar-refractivity contribution in [1.29, 1.82) is 0 Å². The lowest BCUT2D eigenvalue weighted by Crippen LogP contribution is -2.44. The maximum atomic E-state index is 12.8. The van der Waals surface area contributed by atoms with Crippen LogP contribution < -0.4 is 5.32 Å². The molecule has 0 bridgehead atoms. The minimum Gasteiger partial charge on any atom is -0.467 e. The molecule has 4 rings (SSSR count). The van der Waals surface area contributed by atoms with Crippen LogP contribution in [0.5, 0.6) is 0 Å². The van der Waals surface area contributed by atoms with E-state index in [1.54, 1.807) is 6.26 Å². The van der Waals surface area contributed by atoms with Crippen molar-refractivity contribution in [3.05, 3.63) is 60.1 Å². The third-order valence-electron chi connectivity index (χ3n) is 5.35. The zero-order valence-corrected chi connectivity index (χ0v) is 14.8. The normalized spacial score (nSPS) is 19.2. The number of piperidine rings is 1. The Balaban J connectivity index is 1.40. The molecule has 0 radical (unpaired) electrons. The zero-order valence-electron chi connectivity index (χ0n) is 14.8. The number of likely N-dealkylation sites (tertiary alicyclic amines) is 1. The fourth-order valence-electron chi connectivity index (χ4n) is 3.63. The molecule has 2 heterocycles. The summed E-state index contributed by atoms with van der Waals surface area (Å²) in [5.41, 5.74) is 0.997. The lowest BCUT2D eigenvalue weighted by Gasteiger charge is -2.32. The Morgan fingerprint density at radius 1 is 0.962 bits per heavy atom. The minimum atomic E-state index is -0.287. The lowest BCUT2D eigenvalue weighted by molar-refractivity contribution is -0.136. The number of amides is 2. The molecular formula is C21H24N2O3. The number of carbonyl (C=O) groups excluding carboxylic acids is 2. The van der Waals surface area contributed by atoms with Gasteiger partial charge in [0.1, 0.15) is 11.8 Å². The summed E-state index contributed by atoms with van der Waals surface area (Å²) in [6, 6.07) is 13.3. The molecule has 1 N–H and O–H groups in total. The van der Waals surface area contributed by atoms with E-state index in [2.05, 4.69) is 5.32 Å². The van der Waals surface area contributed by atoms with Crippen LogP contribution in [0.3, 0.4) is 0 Å². The topological polar surface area (TPSA) is 62.6 Å². The maximum absolute atomic E-state index is 12.8. The molecule has 5 nitrogen and oxygen atoms in total. The second kappa shape index (κ2) is 7.36. The van der Waals surface area contributed by atoms with Crippen LogP contribution in [0.15, 0.2) is 53.1 Å². The van der Waals surface area contributed by atoms with Gasteiger partial charge in [-0.1, -0.05) is 30.3 Å². The Bertz CT molecular complexity index is 745. The number of nitrogens with zero attached hydrogens (tertiary/aromatic N) is 1. The van der Waals surface area contributed by atoms with Gasteiger partial charge in [0.2, 0.25) is 11.8 Å². The molecule has 1 aliphatic carbocycles. The molecule has 1 unspecified atom stereocenters. The Morgan fingerprint density at radius 2 is 1.69 bits per heavy atom. The smallest absolute Gasteiger partial charge is 0.225 e. The fourth-order valence-corrected chi connectivity index (χ4v) is 3.63. The minimum absolute atomic E-state index is 0.0359. The van der Waals surface area contributed by atoms with E-state index in [0.717, 1.165) is 37.0 Å². The van der Waals surface area contributed by atoms with E-state index >= 15 is 0 Å². The van der Waals surface area contributed by atoms with Crippen molar-refractivity contribution >= 4 is 11.8 Å². The van der Waals surface area contributed by atoms with Crippen LogP contribution in [-0.4, -0.2) is 29.8 Å². The number of benzene rings is 1. The highest BCUT2D eigenvalue weighted by Crippen LogP contribution is 2.32. The largest absolute Gasteiger partial charge is 0.467 e. The SMILES string of the molecule is O=C(NC(c1ccccc1)c1ccco1)C1CCN(C(=O)C2CC2)CC1. The Kier molecular flexibility index (Phi) is 4.78. The Hall–Kier alpha value is -2.56. The van der Waals surface area contributed by atoms with Crippen molar-refractivity contribution < 1.29 is 14.0 Å². The summed E-state index contributed by atoms with van der Waals surface area (Å²) in [4.78, 5) is 26.9. The molecule has 2 fully saturated rings. The Labute approximate surface area is 153 Å². The summed E-state index contributed by atoms with van der Waals surface area (Å²) in [7, 11) is 0. The standard InChI is InChI=1S/C21H24N2O3/c24-20(16-10-12-23(13-11-16)21(25)17-8-9-17)22-19(18-7-4-14-26-18)15-5-2-1-3-6-15/h1-7,14,16-17,19H,8-13H2,(H,22,24). The van der Waals surface area contributed by atoms with Gasteiger partial charge in [-0.05, 0) is 43.4 Å². The van der Waals surface area contributed by atoms with Crippen molar-refractivity contribution in [2.75, 3.05) is 13.1 Å². The summed E-state index contributed by atoms with van der Waals surface area (Å²) in [6.07, 6.45) is 5.13. The van der Waals surface area contributed by atoms with Crippen LogP contribution in [0.1, 0.15) is 43.0 Å². The summed E-state index contributed by atoms with van der Waals surface area (Å²) >= 11 is 0. The molecule has 0 spiro atoms. The third kappa shape index (κ3) is 3.66. The van der Waals surface area contributed by atoms with Crippen LogP contribution in [-0.2, 0) is 9.59 Å². The van der Waals surface area contributed by atoms with Gasteiger partial charge in [-0.25, -0.2) is 0 Å². The number of rotatable bonds is 5. The molecule has 1 aromatic carbocycles. The van der Waals surface area contributed by atoms with E-state index in [1.807, 2.05) is 47.4 Å². The van der Waals surface area contributed by atoms with Crippen molar-refractivity contribution in [1.82, 2.24) is 10.2 Å². The molecule has 1 saturated heterocycles. The van der Waals surface area contributed by atoms with Gasteiger partial charge in [0, 0.05) is 24.9 Å². The van der Waals surface area contributed by atoms with Gasteiger partial charge >= 0.3 is 0 Å². The van der Waals surface area contributed by atoms with E-state index in [0.29, 0.717) is 13.1 Å². The molecule has 1 atom stereocenters. The summed E-state index contributed by atoms with van der Waals surface area (Å²) < 4.78 is 5.55. The van der Waals surface area contributed by atoms with Crippen molar-refractivity contribution in [3.8, 4) is 0 Å². The van der Waals surface area contributed by atoms with Gasteiger partial charge in [-0.15, -0.1) is 0 Å². The van der Waals surface area contributed by atoms with Crippen molar-refractivity contribution in [2.24, 2.45) is 11.8 Å². The van der Waals surface area contributed by atoms with E-state index in [9.17, 15) is 9.59 Å². The molecule has 2 amide bonds. The Morgan fingerprint density at radius 3 is 2.31 bits per heavy atom. The van der Waals surface area contributed by atoms with Gasteiger partial charge in [0.25, 0.3) is 0 Å². The molecule has 1 aromatic heterocycles. The summed E-state index contributed by atoms with van der Waals surface area (Å²) in [5.74, 6) is 1.24. The third-order valence-corrected chi connectivity index (χ3v) is 5.35. The van der Waals surface area contributed by atoms with E-state index in [4.69, 9.17) is 4.42 Å². The first-order valence-corrected chi connectivity index (χ1v) is 9.40.